The Morgan fingerprint density at radius 3 is 2.43 bits per heavy atom. The Hall–Kier alpha value is -3.12. The quantitative estimate of drug-likeness (QED) is 0.658. The van der Waals surface area contributed by atoms with E-state index in [1.807, 2.05) is 36.4 Å². The topological polar surface area (TPSA) is 47.6 Å². The van der Waals surface area contributed by atoms with Gasteiger partial charge in [0.15, 0.2) is 0 Å². The van der Waals surface area contributed by atoms with E-state index in [0.29, 0.717) is 18.8 Å². The first-order chi connectivity index (χ1) is 14.7. The summed E-state index contributed by atoms with van der Waals surface area (Å²) in [4.78, 5) is 16.6. The van der Waals surface area contributed by atoms with E-state index in [1.165, 1.54) is 11.5 Å². The van der Waals surface area contributed by atoms with Crippen molar-refractivity contribution in [2.45, 2.75) is 6.54 Å². The van der Waals surface area contributed by atoms with Crippen LogP contribution in [0.2, 0.25) is 0 Å². The van der Waals surface area contributed by atoms with Crippen molar-refractivity contribution in [2.24, 2.45) is 0 Å². The summed E-state index contributed by atoms with van der Waals surface area (Å²) in [5.41, 5.74) is 1.77. The molecule has 4 rings (SSSR count). The Kier molecular flexibility index (Phi) is 6.44. The molecule has 2 amide bonds. The Balaban J connectivity index is 1.18. The van der Waals surface area contributed by atoms with Crippen LogP contribution in [-0.2, 0) is 6.54 Å². The minimum absolute atomic E-state index is 0.159. The number of nitrogens with zero attached hydrogens (tertiary/aromatic N) is 2. The second-order valence-corrected chi connectivity index (χ2v) is 7.53. The first-order valence-electron chi connectivity index (χ1n) is 10.4. The SMILES string of the molecule is O=C(NCCN1CCN(c2ccccc2F)CC1)NCc1cccc2ccccc12. The van der Waals surface area contributed by atoms with E-state index < -0.39 is 0 Å². The van der Waals surface area contributed by atoms with Crippen LogP contribution in [0.15, 0.2) is 66.7 Å². The highest BCUT2D eigenvalue weighted by molar-refractivity contribution is 5.86. The van der Waals surface area contributed by atoms with E-state index in [1.54, 1.807) is 6.07 Å². The van der Waals surface area contributed by atoms with Crippen LogP contribution in [-0.4, -0.2) is 50.2 Å². The van der Waals surface area contributed by atoms with Crippen LogP contribution in [0.1, 0.15) is 5.56 Å². The van der Waals surface area contributed by atoms with Gasteiger partial charge < -0.3 is 15.5 Å². The van der Waals surface area contributed by atoms with Crippen LogP contribution in [0, 0.1) is 5.82 Å². The van der Waals surface area contributed by atoms with Crippen LogP contribution >= 0.6 is 0 Å². The van der Waals surface area contributed by atoms with Crippen LogP contribution < -0.4 is 15.5 Å². The second kappa shape index (κ2) is 9.59. The molecule has 0 atom stereocenters. The van der Waals surface area contributed by atoms with Gasteiger partial charge in [0.25, 0.3) is 0 Å². The molecule has 0 bridgehead atoms. The molecule has 6 heteroatoms. The first-order valence-corrected chi connectivity index (χ1v) is 10.4. The molecule has 0 unspecified atom stereocenters. The maximum absolute atomic E-state index is 13.9. The molecule has 0 aliphatic carbocycles. The molecule has 3 aromatic rings. The summed E-state index contributed by atoms with van der Waals surface area (Å²) in [6, 6.07) is 21.1. The van der Waals surface area contributed by atoms with Crippen LogP contribution in [0.3, 0.4) is 0 Å². The number of anilines is 1. The van der Waals surface area contributed by atoms with Gasteiger partial charge in [-0.05, 0) is 28.5 Å². The van der Waals surface area contributed by atoms with Gasteiger partial charge in [-0.2, -0.15) is 0 Å². The number of amides is 2. The van der Waals surface area contributed by atoms with Crippen molar-refractivity contribution in [1.82, 2.24) is 15.5 Å². The maximum Gasteiger partial charge on any atom is 0.315 e. The standard InChI is InChI=1S/C24H27FN4O/c25-22-10-3-4-11-23(22)29-16-14-28(15-17-29)13-12-26-24(30)27-18-20-8-5-7-19-6-1-2-9-21(19)20/h1-11H,12-18H2,(H2,26,27,30). The zero-order valence-corrected chi connectivity index (χ0v) is 17.0. The van der Waals surface area contributed by atoms with Gasteiger partial charge in [-0.25, -0.2) is 9.18 Å². The Labute approximate surface area is 176 Å². The summed E-state index contributed by atoms with van der Waals surface area (Å²) in [5.74, 6) is -0.171. The number of hydrogen-bond donors (Lipinski definition) is 2. The molecule has 0 saturated carbocycles. The predicted molar refractivity (Wildman–Crippen MR) is 119 cm³/mol. The average Bonchev–Trinajstić information content (AvgIpc) is 2.78. The minimum Gasteiger partial charge on any atom is -0.367 e. The van der Waals surface area contributed by atoms with Gasteiger partial charge in [0.1, 0.15) is 5.82 Å². The van der Waals surface area contributed by atoms with Crippen molar-refractivity contribution >= 4 is 22.5 Å². The molecule has 30 heavy (non-hydrogen) atoms. The number of benzene rings is 3. The normalized spacial score (nSPS) is 14.6. The molecule has 1 fully saturated rings. The zero-order valence-electron chi connectivity index (χ0n) is 17.0. The van der Waals surface area contributed by atoms with Crippen LogP contribution in [0.5, 0.6) is 0 Å². The first kappa shape index (κ1) is 20.2. The van der Waals surface area contributed by atoms with E-state index in [2.05, 4.69) is 38.6 Å². The van der Waals surface area contributed by atoms with Gasteiger partial charge in [0.05, 0.1) is 5.69 Å². The van der Waals surface area contributed by atoms with Gasteiger partial charge in [0, 0.05) is 45.8 Å². The van der Waals surface area contributed by atoms with E-state index in [-0.39, 0.29) is 11.8 Å². The van der Waals surface area contributed by atoms with Crippen molar-refractivity contribution in [3.8, 4) is 0 Å². The fourth-order valence-electron chi connectivity index (χ4n) is 3.93. The van der Waals surface area contributed by atoms with E-state index in [4.69, 9.17) is 0 Å². The number of fused-ring (bicyclic) bond motifs is 1. The molecular weight excluding hydrogens is 379 g/mol. The number of rotatable bonds is 6. The molecular formula is C24H27FN4O. The monoisotopic (exact) mass is 406 g/mol. The molecule has 0 radical (unpaired) electrons. The van der Waals surface area contributed by atoms with Gasteiger partial charge in [-0.1, -0.05) is 54.6 Å². The average molecular weight is 407 g/mol. The minimum atomic E-state index is -0.171. The summed E-state index contributed by atoms with van der Waals surface area (Å²) in [6.45, 7) is 5.14. The smallest absolute Gasteiger partial charge is 0.315 e. The molecule has 1 aliphatic heterocycles. The largest absolute Gasteiger partial charge is 0.367 e. The van der Waals surface area contributed by atoms with Gasteiger partial charge >= 0.3 is 6.03 Å². The third-order valence-electron chi connectivity index (χ3n) is 5.60. The number of carbonyl (C=O) groups is 1. The van der Waals surface area contributed by atoms with E-state index in [0.717, 1.165) is 43.7 Å². The van der Waals surface area contributed by atoms with E-state index >= 15 is 0 Å². The molecule has 156 valence electrons. The summed E-state index contributed by atoms with van der Waals surface area (Å²) in [7, 11) is 0. The molecule has 1 heterocycles. The van der Waals surface area contributed by atoms with E-state index in [9.17, 15) is 9.18 Å². The van der Waals surface area contributed by atoms with Crippen molar-refractivity contribution < 1.29 is 9.18 Å². The number of nitrogens with one attached hydrogen (secondary N) is 2. The Morgan fingerprint density at radius 2 is 1.60 bits per heavy atom. The molecule has 0 aromatic heterocycles. The highest BCUT2D eigenvalue weighted by Crippen LogP contribution is 2.20. The van der Waals surface area contributed by atoms with Crippen molar-refractivity contribution in [1.29, 1.82) is 0 Å². The fraction of sp³-hybridized carbons (Fsp3) is 0.292. The second-order valence-electron chi connectivity index (χ2n) is 7.53. The Bertz CT molecular complexity index is 996. The number of hydrogen-bond acceptors (Lipinski definition) is 3. The molecule has 5 nitrogen and oxygen atoms in total. The lowest BCUT2D eigenvalue weighted by atomic mass is 10.0. The fourth-order valence-corrected chi connectivity index (χ4v) is 3.93. The third-order valence-corrected chi connectivity index (χ3v) is 5.60. The summed E-state index contributed by atoms with van der Waals surface area (Å²) < 4.78 is 13.9. The summed E-state index contributed by atoms with van der Waals surface area (Å²) in [6.07, 6.45) is 0. The van der Waals surface area contributed by atoms with Gasteiger partial charge in [0.2, 0.25) is 0 Å². The summed E-state index contributed by atoms with van der Waals surface area (Å²) in [5, 5.41) is 8.21. The lowest BCUT2D eigenvalue weighted by Crippen LogP contribution is -2.49. The number of piperazine rings is 1. The number of halogens is 1. The van der Waals surface area contributed by atoms with Gasteiger partial charge in [-0.15, -0.1) is 0 Å². The molecule has 1 saturated heterocycles. The highest BCUT2D eigenvalue weighted by Gasteiger charge is 2.19. The maximum atomic E-state index is 13.9. The number of carbonyl (C=O) groups excluding carboxylic acids is 1. The van der Waals surface area contributed by atoms with Gasteiger partial charge in [-0.3, -0.25) is 4.90 Å². The summed E-state index contributed by atoms with van der Waals surface area (Å²) >= 11 is 0. The molecule has 2 N–H and O–H groups in total. The zero-order chi connectivity index (χ0) is 20.8. The number of urea groups is 1. The highest BCUT2D eigenvalue weighted by atomic mass is 19.1. The lowest BCUT2D eigenvalue weighted by molar-refractivity contribution is 0.231. The van der Waals surface area contributed by atoms with Crippen molar-refractivity contribution in [3.05, 3.63) is 78.1 Å². The Morgan fingerprint density at radius 1 is 0.867 bits per heavy atom. The third kappa shape index (κ3) is 4.89. The predicted octanol–water partition coefficient (Wildman–Crippen LogP) is 3.60. The van der Waals surface area contributed by atoms with Crippen molar-refractivity contribution in [3.63, 3.8) is 0 Å². The molecule has 1 aliphatic rings. The lowest BCUT2D eigenvalue weighted by Gasteiger charge is -2.36. The molecule has 3 aromatic carbocycles. The van der Waals surface area contributed by atoms with Crippen LogP contribution in [0.4, 0.5) is 14.9 Å². The number of para-hydroxylation sites is 1. The van der Waals surface area contributed by atoms with Crippen LogP contribution in [0.25, 0.3) is 10.8 Å². The molecule has 0 spiro atoms. The van der Waals surface area contributed by atoms with Crippen molar-refractivity contribution in [2.75, 3.05) is 44.2 Å².